The first-order valence-electron chi connectivity index (χ1n) is 7.06. The summed E-state index contributed by atoms with van der Waals surface area (Å²) >= 11 is 0. The lowest BCUT2D eigenvalue weighted by molar-refractivity contribution is -0.139. The Balaban J connectivity index is 2.16. The maximum atomic E-state index is 12.0. The normalized spacial score (nSPS) is 19.4. The van der Waals surface area contributed by atoms with Gasteiger partial charge in [-0.25, -0.2) is 8.42 Å². The van der Waals surface area contributed by atoms with Gasteiger partial charge < -0.3 is 10.4 Å². The van der Waals surface area contributed by atoms with Gasteiger partial charge in [0.2, 0.25) is 10.0 Å². The molecule has 0 fully saturated rings. The third kappa shape index (κ3) is 3.48. The molecule has 0 bridgehead atoms. The van der Waals surface area contributed by atoms with E-state index in [4.69, 9.17) is 0 Å². The third-order valence-corrected chi connectivity index (χ3v) is 5.56. The first-order chi connectivity index (χ1) is 10.3. The van der Waals surface area contributed by atoms with Crippen LogP contribution in [0.25, 0.3) is 0 Å². The van der Waals surface area contributed by atoms with E-state index in [2.05, 4.69) is 10.0 Å². The van der Waals surface area contributed by atoms with E-state index in [0.717, 1.165) is 11.3 Å². The number of allylic oxidation sites excluding steroid dienone is 2. The van der Waals surface area contributed by atoms with Crippen LogP contribution in [-0.2, 0) is 14.8 Å². The lowest BCUT2D eigenvalue weighted by atomic mass is 9.94. The zero-order chi connectivity index (χ0) is 16.3. The van der Waals surface area contributed by atoms with Crippen molar-refractivity contribution in [2.24, 2.45) is 0 Å². The van der Waals surface area contributed by atoms with Crippen LogP contribution in [0.1, 0.15) is 31.7 Å². The number of benzene rings is 1. The summed E-state index contributed by atoms with van der Waals surface area (Å²) in [6.45, 7) is 3.64. The van der Waals surface area contributed by atoms with Gasteiger partial charge in [0.1, 0.15) is 6.04 Å². The number of carboxylic acid groups (broad SMARTS) is 1. The number of sulfonamides is 1. The summed E-state index contributed by atoms with van der Waals surface area (Å²) in [5, 5.41) is 12.5. The van der Waals surface area contributed by atoms with Gasteiger partial charge in [-0.2, -0.15) is 4.72 Å². The van der Waals surface area contributed by atoms with Gasteiger partial charge in [0.05, 0.1) is 4.91 Å². The lowest BCUT2D eigenvalue weighted by Gasteiger charge is -2.18. The van der Waals surface area contributed by atoms with Crippen molar-refractivity contribution in [1.29, 1.82) is 0 Å². The van der Waals surface area contributed by atoms with Gasteiger partial charge in [0.15, 0.2) is 0 Å². The monoisotopic (exact) mass is 324 g/mol. The number of para-hydroxylation sites is 1. The fraction of sp³-hybridized carbons (Fsp3) is 0.400. The number of hydrogen-bond acceptors (Lipinski definition) is 4. The molecule has 0 spiro atoms. The molecular weight excluding hydrogens is 304 g/mol. The van der Waals surface area contributed by atoms with Crippen molar-refractivity contribution >= 4 is 21.7 Å². The Hall–Kier alpha value is -1.86. The maximum Gasteiger partial charge on any atom is 0.321 e. The van der Waals surface area contributed by atoms with E-state index >= 15 is 0 Å². The Morgan fingerprint density at radius 1 is 1.50 bits per heavy atom. The second kappa shape index (κ2) is 6.50. The smallest absolute Gasteiger partial charge is 0.321 e. The van der Waals surface area contributed by atoms with Crippen molar-refractivity contribution in [3.63, 3.8) is 0 Å². The van der Waals surface area contributed by atoms with Crippen LogP contribution in [0.3, 0.4) is 0 Å². The quantitative estimate of drug-likeness (QED) is 0.742. The van der Waals surface area contributed by atoms with Crippen LogP contribution in [0.15, 0.2) is 35.2 Å². The highest BCUT2D eigenvalue weighted by Gasteiger charge is 2.31. The fourth-order valence-corrected chi connectivity index (χ4v) is 3.55. The van der Waals surface area contributed by atoms with Crippen molar-refractivity contribution in [2.45, 2.75) is 32.2 Å². The summed E-state index contributed by atoms with van der Waals surface area (Å²) in [7, 11) is -3.76. The van der Waals surface area contributed by atoms with E-state index in [1.54, 1.807) is 6.92 Å². The molecule has 2 unspecified atom stereocenters. The lowest BCUT2D eigenvalue weighted by Crippen LogP contribution is -2.42. The van der Waals surface area contributed by atoms with Crippen LogP contribution in [0.2, 0.25) is 0 Å². The molecule has 1 aromatic carbocycles. The van der Waals surface area contributed by atoms with Gasteiger partial charge in [0, 0.05) is 18.2 Å². The molecule has 7 heteroatoms. The van der Waals surface area contributed by atoms with Crippen LogP contribution in [0.5, 0.6) is 0 Å². The van der Waals surface area contributed by atoms with Gasteiger partial charge in [-0.1, -0.05) is 24.3 Å². The van der Waals surface area contributed by atoms with Crippen LogP contribution in [0.4, 0.5) is 5.69 Å². The highest BCUT2D eigenvalue weighted by atomic mass is 32.2. The molecule has 1 aromatic rings. The summed E-state index contributed by atoms with van der Waals surface area (Å²) in [6, 6.07) is 6.51. The minimum absolute atomic E-state index is 0.0362. The Labute approximate surface area is 130 Å². The Morgan fingerprint density at radius 2 is 2.18 bits per heavy atom. The molecule has 2 rings (SSSR count). The second-order valence-corrected chi connectivity index (χ2v) is 7.20. The fourth-order valence-electron chi connectivity index (χ4n) is 2.49. The van der Waals surface area contributed by atoms with Crippen LogP contribution >= 0.6 is 0 Å². The predicted octanol–water partition coefficient (Wildman–Crippen LogP) is 1.88. The number of carbonyl (C=O) groups is 1. The van der Waals surface area contributed by atoms with E-state index in [1.165, 1.54) is 13.0 Å². The molecule has 0 saturated heterocycles. The molecule has 1 aliphatic heterocycles. The first kappa shape index (κ1) is 16.5. The van der Waals surface area contributed by atoms with Crippen molar-refractivity contribution in [1.82, 2.24) is 4.72 Å². The molecule has 120 valence electrons. The summed E-state index contributed by atoms with van der Waals surface area (Å²) in [5.41, 5.74) is 2.00. The zero-order valence-electron chi connectivity index (χ0n) is 12.5. The largest absolute Gasteiger partial charge is 0.480 e. The number of hydrogen-bond donors (Lipinski definition) is 3. The molecule has 6 nitrogen and oxygen atoms in total. The highest BCUT2D eigenvalue weighted by Crippen LogP contribution is 2.34. The molecule has 0 saturated carbocycles. The molecular formula is C15H20N2O4S. The van der Waals surface area contributed by atoms with E-state index in [9.17, 15) is 18.3 Å². The summed E-state index contributed by atoms with van der Waals surface area (Å²) < 4.78 is 26.4. The Bertz CT molecular complexity index is 697. The molecule has 1 aliphatic rings. The maximum absolute atomic E-state index is 12.0. The third-order valence-electron chi connectivity index (χ3n) is 3.89. The zero-order valence-corrected chi connectivity index (χ0v) is 13.4. The number of fused-ring (bicyclic) bond motifs is 1. The summed E-state index contributed by atoms with van der Waals surface area (Å²) in [5.74, 6) is -1.21. The number of nitrogens with one attached hydrogen (secondary N) is 2. The van der Waals surface area contributed by atoms with Gasteiger partial charge in [0.25, 0.3) is 0 Å². The van der Waals surface area contributed by atoms with Gasteiger partial charge in [-0.3, -0.25) is 4.79 Å². The second-order valence-electron chi connectivity index (χ2n) is 5.31. The van der Waals surface area contributed by atoms with E-state index < -0.39 is 22.0 Å². The average molecular weight is 324 g/mol. The molecule has 0 aliphatic carbocycles. The Kier molecular flexibility index (Phi) is 4.87. The summed E-state index contributed by atoms with van der Waals surface area (Å²) in [4.78, 5) is 11.5. The topological polar surface area (TPSA) is 95.5 Å². The molecule has 2 atom stereocenters. The highest BCUT2D eigenvalue weighted by molar-refractivity contribution is 7.93. The summed E-state index contributed by atoms with van der Waals surface area (Å²) in [6.07, 6.45) is 1.64. The van der Waals surface area contributed by atoms with Crippen molar-refractivity contribution in [3.8, 4) is 0 Å². The van der Waals surface area contributed by atoms with Crippen molar-refractivity contribution < 1.29 is 18.3 Å². The SMILES string of the molecule is CC=C(C)S(=O)(=O)NC(CC1CNc2ccccc21)C(=O)O. The van der Waals surface area contributed by atoms with Crippen molar-refractivity contribution in [2.75, 3.05) is 11.9 Å². The minimum Gasteiger partial charge on any atom is -0.480 e. The van der Waals surface area contributed by atoms with Crippen molar-refractivity contribution in [3.05, 3.63) is 40.8 Å². The molecule has 1 heterocycles. The number of aliphatic carboxylic acids is 1. The number of anilines is 1. The molecule has 22 heavy (non-hydrogen) atoms. The molecule has 3 N–H and O–H groups in total. The van der Waals surface area contributed by atoms with E-state index in [1.807, 2.05) is 24.3 Å². The number of rotatable bonds is 6. The minimum atomic E-state index is -3.76. The molecule has 0 amide bonds. The van der Waals surface area contributed by atoms with Gasteiger partial charge in [-0.05, 0) is 31.9 Å². The van der Waals surface area contributed by atoms with Crippen LogP contribution < -0.4 is 10.0 Å². The van der Waals surface area contributed by atoms with Gasteiger partial charge >= 0.3 is 5.97 Å². The van der Waals surface area contributed by atoms with Crippen LogP contribution in [-0.4, -0.2) is 32.1 Å². The van der Waals surface area contributed by atoms with E-state index in [0.29, 0.717) is 6.54 Å². The van der Waals surface area contributed by atoms with Crippen LogP contribution in [0, 0.1) is 0 Å². The predicted molar refractivity (Wildman–Crippen MR) is 85.2 cm³/mol. The standard InChI is InChI=1S/C15H20N2O4S/c1-3-10(2)22(20,21)17-14(15(18)19)8-11-9-16-13-7-5-4-6-12(11)13/h3-7,11,14,16-17H,8-9H2,1-2H3,(H,18,19). The molecule has 0 aromatic heterocycles. The molecule has 0 radical (unpaired) electrons. The Morgan fingerprint density at radius 3 is 2.82 bits per heavy atom. The number of carboxylic acids is 1. The van der Waals surface area contributed by atoms with E-state index in [-0.39, 0.29) is 17.2 Å². The average Bonchev–Trinajstić information content (AvgIpc) is 2.88. The first-order valence-corrected chi connectivity index (χ1v) is 8.54. The van der Waals surface area contributed by atoms with Gasteiger partial charge in [-0.15, -0.1) is 0 Å².